The van der Waals surface area contributed by atoms with Gasteiger partial charge < -0.3 is 10.1 Å². The van der Waals surface area contributed by atoms with E-state index in [0.29, 0.717) is 5.11 Å². The van der Waals surface area contributed by atoms with Gasteiger partial charge in [0.2, 0.25) is 0 Å². The van der Waals surface area contributed by atoms with Gasteiger partial charge in [-0.15, -0.1) is 0 Å². The molecule has 0 amide bonds. The zero-order valence-electron chi connectivity index (χ0n) is 18.4. The number of hydrogen-bond donors (Lipinski definition) is 2. The highest BCUT2D eigenvalue weighted by atomic mass is 32.1. The lowest BCUT2D eigenvalue weighted by molar-refractivity contribution is 0.347. The van der Waals surface area contributed by atoms with Crippen LogP contribution < -0.4 is 20.5 Å². The minimum Gasteiger partial charge on any atom is -0.497 e. The second kappa shape index (κ2) is 9.06. The number of benzene rings is 4. The largest absolute Gasteiger partial charge is 0.497 e. The summed E-state index contributed by atoms with van der Waals surface area (Å²) in [5.41, 5.74) is 8.75. The number of thiocarbonyl (C=S) groups is 1. The average Bonchev–Trinajstić information content (AvgIpc) is 3.22. The monoisotopic (exact) mass is 451 g/mol. The summed E-state index contributed by atoms with van der Waals surface area (Å²) in [6.45, 7) is 0. The normalized spacial score (nSPS) is 17.6. The molecular weight excluding hydrogens is 426 g/mol. The summed E-state index contributed by atoms with van der Waals surface area (Å²) < 4.78 is 5.31. The van der Waals surface area contributed by atoms with Crippen LogP contribution in [-0.2, 0) is 12.1 Å². The van der Waals surface area contributed by atoms with Gasteiger partial charge in [-0.1, -0.05) is 84.9 Å². The van der Waals surface area contributed by atoms with E-state index in [1.165, 1.54) is 16.7 Å². The summed E-state index contributed by atoms with van der Waals surface area (Å²) in [7, 11) is 1.67. The van der Waals surface area contributed by atoms with Gasteiger partial charge in [-0.2, -0.15) is 5.43 Å². The highest BCUT2D eigenvalue weighted by Crippen LogP contribution is 2.32. The number of ether oxygens (including phenoxy) is 1. The number of nitrogens with one attached hydrogen (secondary N) is 2. The summed E-state index contributed by atoms with van der Waals surface area (Å²) in [6.07, 6.45) is 0.727. The fraction of sp³-hybridized carbons (Fsp3) is 0.107. The van der Waals surface area contributed by atoms with Crippen molar-refractivity contribution in [3.8, 4) is 16.9 Å². The number of methoxy groups -OCH3 is 1. The molecule has 0 unspecified atom stereocenters. The second-order valence-electron chi connectivity index (χ2n) is 8.09. The number of anilines is 1. The molecule has 0 aliphatic carbocycles. The predicted molar refractivity (Wildman–Crippen MR) is 138 cm³/mol. The first-order valence-corrected chi connectivity index (χ1v) is 11.3. The van der Waals surface area contributed by atoms with Crippen molar-refractivity contribution >= 4 is 23.0 Å². The van der Waals surface area contributed by atoms with Gasteiger partial charge in [0.15, 0.2) is 5.11 Å². The third kappa shape index (κ3) is 4.33. The van der Waals surface area contributed by atoms with E-state index in [4.69, 9.17) is 17.0 Å². The Morgan fingerprint density at radius 2 is 1.36 bits per heavy atom. The summed E-state index contributed by atoms with van der Waals surface area (Å²) in [4.78, 5) is 0. The summed E-state index contributed by atoms with van der Waals surface area (Å²) >= 11 is 5.77. The Labute approximate surface area is 199 Å². The third-order valence-electron chi connectivity index (χ3n) is 5.95. The van der Waals surface area contributed by atoms with Crippen molar-refractivity contribution in [2.75, 3.05) is 12.1 Å². The molecule has 4 aromatic carbocycles. The van der Waals surface area contributed by atoms with Crippen LogP contribution in [0.4, 0.5) is 5.69 Å². The molecule has 1 aliphatic heterocycles. The van der Waals surface area contributed by atoms with E-state index in [0.717, 1.165) is 23.4 Å². The van der Waals surface area contributed by atoms with Crippen LogP contribution in [0.5, 0.6) is 5.75 Å². The molecule has 0 bridgehead atoms. The van der Waals surface area contributed by atoms with Gasteiger partial charge in [0.25, 0.3) is 0 Å². The molecule has 5 rings (SSSR count). The molecule has 1 aliphatic rings. The Balaban J connectivity index is 1.51. The van der Waals surface area contributed by atoms with E-state index in [2.05, 4.69) is 83.5 Å². The highest BCUT2D eigenvalue weighted by Gasteiger charge is 2.42. The Kier molecular flexibility index (Phi) is 5.82. The molecule has 0 spiro atoms. The van der Waals surface area contributed by atoms with Crippen LogP contribution in [0.2, 0.25) is 0 Å². The van der Waals surface area contributed by atoms with Gasteiger partial charge in [0, 0.05) is 6.42 Å². The molecular formula is C28H25N3OS. The van der Waals surface area contributed by atoms with Crippen LogP contribution in [0.15, 0.2) is 109 Å². The average molecular weight is 452 g/mol. The first kappa shape index (κ1) is 21.2. The van der Waals surface area contributed by atoms with E-state index in [1.807, 2.05) is 41.4 Å². The Morgan fingerprint density at radius 3 is 2.00 bits per heavy atom. The molecule has 1 fully saturated rings. The Morgan fingerprint density at radius 1 is 0.758 bits per heavy atom. The molecule has 2 N–H and O–H groups in total. The van der Waals surface area contributed by atoms with Crippen molar-refractivity contribution in [1.82, 2.24) is 10.7 Å². The first-order chi connectivity index (χ1) is 16.2. The van der Waals surface area contributed by atoms with Gasteiger partial charge in [-0.3, -0.25) is 0 Å². The van der Waals surface area contributed by atoms with Gasteiger partial charge >= 0.3 is 0 Å². The van der Waals surface area contributed by atoms with Crippen molar-refractivity contribution in [3.05, 3.63) is 120 Å². The third-order valence-corrected chi connectivity index (χ3v) is 6.24. The van der Waals surface area contributed by atoms with Gasteiger partial charge in [0.1, 0.15) is 11.4 Å². The van der Waals surface area contributed by atoms with Crippen LogP contribution in [0.1, 0.15) is 11.1 Å². The van der Waals surface area contributed by atoms with Gasteiger partial charge in [-0.25, -0.2) is 5.01 Å². The maximum atomic E-state index is 5.77. The molecule has 164 valence electrons. The van der Waals surface area contributed by atoms with Crippen molar-refractivity contribution in [2.45, 2.75) is 12.1 Å². The van der Waals surface area contributed by atoms with Crippen molar-refractivity contribution in [2.24, 2.45) is 0 Å². The number of rotatable bonds is 6. The Bertz CT molecular complexity index is 1230. The molecule has 4 nitrogen and oxygen atoms in total. The van der Waals surface area contributed by atoms with E-state index in [1.54, 1.807) is 7.11 Å². The topological polar surface area (TPSA) is 36.5 Å². The predicted octanol–water partition coefficient (Wildman–Crippen LogP) is 5.66. The number of hydrazine groups is 1. The molecule has 0 aromatic heterocycles. The first-order valence-electron chi connectivity index (χ1n) is 10.9. The lowest BCUT2D eigenvalue weighted by Gasteiger charge is -2.31. The summed E-state index contributed by atoms with van der Waals surface area (Å²) in [6, 6.07) is 37.4. The van der Waals surface area contributed by atoms with E-state index in [9.17, 15) is 0 Å². The van der Waals surface area contributed by atoms with Crippen molar-refractivity contribution in [1.29, 1.82) is 0 Å². The molecule has 4 aromatic rings. The molecule has 1 saturated heterocycles. The second-order valence-corrected chi connectivity index (χ2v) is 8.47. The Hall–Kier alpha value is -3.67. The molecule has 1 atom stereocenters. The molecule has 1 heterocycles. The van der Waals surface area contributed by atoms with Crippen LogP contribution in [0.25, 0.3) is 11.1 Å². The van der Waals surface area contributed by atoms with Crippen LogP contribution >= 0.6 is 12.2 Å². The zero-order valence-corrected chi connectivity index (χ0v) is 19.2. The quantitative estimate of drug-likeness (QED) is 0.370. The standard InChI is InChI=1S/C28H25N3OS/c1-32-26-18-16-25(17-19-26)31-27(33)29-28(30-31,20-21-8-4-2-5-9-21)24-14-12-23(13-15-24)22-10-6-3-7-11-22/h2-19,30H,20H2,1H3,(H,29,33)/t28-/m1/s1. The van der Waals surface area contributed by atoms with Crippen LogP contribution in [-0.4, -0.2) is 12.2 Å². The minimum absolute atomic E-state index is 0.576. The summed E-state index contributed by atoms with van der Waals surface area (Å²) in [5.74, 6) is 0.809. The van der Waals surface area contributed by atoms with Gasteiger partial charge in [-0.05, 0) is 58.7 Å². The summed E-state index contributed by atoms with van der Waals surface area (Å²) in [5, 5.41) is 6.14. The SMILES string of the molecule is COc1ccc(N2N[C@](Cc3ccccc3)(c3ccc(-c4ccccc4)cc3)NC2=S)cc1. The molecule has 33 heavy (non-hydrogen) atoms. The fourth-order valence-electron chi connectivity index (χ4n) is 4.22. The van der Waals surface area contributed by atoms with Crippen LogP contribution in [0.3, 0.4) is 0 Å². The molecule has 5 heteroatoms. The number of nitrogens with zero attached hydrogens (tertiary/aromatic N) is 1. The maximum absolute atomic E-state index is 5.77. The van der Waals surface area contributed by atoms with E-state index >= 15 is 0 Å². The lowest BCUT2D eigenvalue weighted by Crippen LogP contribution is -2.50. The minimum atomic E-state index is -0.576. The molecule has 0 radical (unpaired) electrons. The zero-order chi connectivity index (χ0) is 22.7. The maximum Gasteiger partial charge on any atom is 0.190 e. The lowest BCUT2D eigenvalue weighted by atomic mass is 9.91. The van der Waals surface area contributed by atoms with Gasteiger partial charge in [0.05, 0.1) is 12.8 Å². The van der Waals surface area contributed by atoms with Crippen LogP contribution in [0, 0.1) is 0 Å². The van der Waals surface area contributed by atoms with Crippen molar-refractivity contribution in [3.63, 3.8) is 0 Å². The molecule has 0 saturated carbocycles. The number of hydrogen-bond acceptors (Lipinski definition) is 3. The fourth-order valence-corrected chi connectivity index (χ4v) is 4.55. The smallest absolute Gasteiger partial charge is 0.190 e. The highest BCUT2D eigenvalue weighted by molar-refractivity contribution is 7.80. The van der Waals surface area contributed by atoms with E-state index < -0.39 is 5.66 Å². The van der Waals surface area contributed by atoms with E-state index in [-0.39, 0.29) is 0 Å². The van der Waals surface area contributed by atoms with Crippen molar-refractivity contribution < 1.29 is 4.74 Å².